The van der Waals surface area contributed by atoms with Gasteiger partial charge in [0.1, 0.15) is 0 Å². The Bertz CT molecular complexity index is 653. The van der Waals surface area contributed by atoms with Gasteiger partial charge >= 0.3 is 0 Å². The zero-order valence-corrected chi connectivity index (χ0v) is 17.3. The molecule has 0 bridgehead atoms. The Morgan fingerprint density at radius 3 is 2.19 bits per heavy atom. The zero-order valence-electron chi connectivity index (χ0n) is 17.3. The van der Waals surface area contributed by atoms with E-state index in [0.29, 0.717) is 6.54 Å². The number of nitrogens with zero attached hydrogens (tertiary/aromatic N) is 1. The molecule has 1 rings (SSSR count). The minimum absolute atomic E-state index is 0.0260. The molecule has 0 spiro atoms. The molecule has 0 aliphatic carbocycles. The molecule has 0 radical (unpaired) electrons. The lowest BCUT2D eigenvalue weighted by atomic mass is 10.1. The second-order valence-corrected chi connectivity index (χ2v) is 7.24. The fourth-order valence-electron chi connectivity index (χ4n) is 2.76. The first-order valence-electron chi connectivity index (χ1n) is 9.37. The summed E-state index contributed by atoms with van der Waals surface area (Å²) in [6.45, 7) is 10.6. The van der Waals surface area contributed by atoms with Gasteiger partial charge < -0.3 is 20.4 Å². The van der Waals surface area contributed by atoms with E-state index in [-0.39, 0.29) is 43.4 Å². The topological polar surface area (TPSA) is 83.0 Å². The van der Waals surface area contributed by atoms with Crippen molar-refractivity contribution in [2.75, 3.05) is 38.5 Å². The summed E-state index contributed by atoms with van der Waals surface area (Å²) in [5.41, 5.74) is 2.75. The zero-order chi connectivity index (χ0) is 20.6. The third-order valence-corrected chi connectivity index (χ3v) is 4.31. The van der Waals surface area contributed by atoms with Gasteiger partial charge in [-0.3, -0.25) is 14.4 Å². The Morgan fingerprint density at radius 1 is 1.07 bits per heavy atom. The van der Waals surface area contributed by atoms with Crippen LogP contribution in [0.5, 0.6) is 0 Å². The summed E-state index contributed by atoms with van der Waals surface area (Å²) in [6, 6.07) is 5.88. The Hall–Kier alpha value is -2.41. The van der Waals surface area contributed by atoms with Gasteiger partial charge in [-0.25, -0.2) is 0 Å². The van der Waals surface area contributed by atoms with Gasteiger partial charge in [-0.05, 0) is 45.7 Å². The SMILES string of the molecule is CC[NH+](CC(=O)NC(C)C)CC(=O)N(C)CC(=O)Nc1c(C)cccc1C. The van der Waals surface area contributed by atoms with Gasteiger partial charge in [-0.15, -0.1) is 0 Å². The van der Waals surface area contributed by atoms with Crippen molar-refractivity contribution in [3.05, 3.63) is 29.3 Å². The summed E-state index contributed by atoms with van der Waals surface area (Å²) in [5, 5.41) is 5.71. The summed E-state index contributed by atoms with van der Waals surface area (Å²) >= 11 is 0. The van der Waals surface area contributed by atoms with Crippen LogP contribution in [0.2, 0.25) is 0 Å². The second-order valence-electron chi connectivity index (χ2n) is 7.24. The maximum absolute atomic E-state index is 12.4. The van der Waals surface area contributed by atoms with Crippen molar-refractivity contribution in [3.8, 4) is 0 Å². The molecule has 0 aliphatic rings. The predicted octanol–water partition coefficient (Wildman–Crippen LogP) is 0.130. The number of hydrogen-bond donors (Lipinski definition) is 3. The van der Waals surface area contributed by atoms with E-state index < -0.39 is 0 Å². The van der Waals surface area contributed by atoms with Crippen LogP contribution in [0, 0.1) is 13.8 Å². The van der Waals surface area contributed by atoms with Crippen LogP contribution in [0.25, 0.3) is 0 Å². The molecule has 0 heterocycles. The van der Waals surface area contributed by atoms with E-state index in [2.05, 4.69) is 10.6 Å². The van der Waals surface area contributed by atoms with Crippen molar-refractivity contribution in [1.29, 1.82) is 0 Å². The fraction of sp³-hybridized carbons (Fsp3) is 0.550. The molecule has 0 aromatic heterocycles. The van der Waals surface area contributed by atoms with Crippen molar-refractivity contribution in [2.45, 2.75) is 40.7 Å². The van der Waals surface area contributed by atoms with Gasteiger partial charge in [-0.1, -0.05) is 18.2 Å². The number of amides is 3. The highest BCUT2D eigenvalue weighted by molar-refractivity contribution is 5.95. The molecule has 1 unspecified atom stereocenters. The standard InChI is InChI=1S/C20H32N4O3/c1-7-24(12-18(26)21-14(2)3)13-19(27)23(6)11-17(25)22-20-15(4)9-8-10-16(20)5/h8-10,14H,7,11-13H2,1-6H3,(H,21,26)(H,22,25)/p+1. The number of hydrogen-bond acceptors (Lipinski definition) is 3. The summed E-state index contributed by atoms with van der Waals surface area (Å²) < 4.78 is 0. The third kappa shape index (κ3) is 7.78. The number of carbonyl (C=O) groups excluding carboxylic acids is 3. The van der Waals surface area contributed by atoms with E-state index in [9.17, 15) is 14.4 Å². The minimum Gasteiger partial charge on any atom is -0.349 e. The van der Waals surface area contributed by atoms with E-state index in [1.165, 1.54) is 4.90 Å². The van der Waals surface area contributed by atoms with Crippen LogP contribution >= 0.6 is 0 Å². The van der Waals surface area contributed by atoms with Gasteiger partial charge in [0.15, 0.2) is 13.1 Å². The van der Waals surface area contributed by atoms with E-state index in [1.54, 1.807) is 7.05 Å². The first-order chi connectivity index (χ1) is 12.6. The van der Waals surface area contributed by atoms with Gasteiger partial charge in [-0.2, -0.15) is 0 Å². The molecule has 0 aliphatic heterocycles. The van der Waals surface area contributed by atoms with E-state index in [4.69, 9.17) is 0 Å². The highest BCUT2D eigenvalue weighted by Gasteiger charge is 2.21. The van der Waals surface area contributed by atoms with Crippen LogP contribution in [0.1, 0.15) is 31.9 Å². The highest BCUT2D eigenvalue weighted by atomic mass is 16.2. The summed E-state index contributed by atoms with van der Waals surface area (Å²) in [5.74, 6) is -0.482. The molecule has 7 nitrogen and oxygen atoms in total. The number of anilines is 1. The Morgan fingerprint density at radius 2 is 1.67 bits per heavy atom. The monoisotopic (exact) mass is 377 g/mol. The molecule has 3 amide bonds. The summed E-state index contributed by atoms with van der Waals surface area (Å²) in [7, 11) is 1.61. The molecule has 150 valence electrons. The van der Waals surface area contributed by atoms with E-state index in [0.717, 1.165) is 21.7 Å². The molecule has 0 saturated carbocycles. The van der Waals surface area contributed by atoms with Crippen LogP contribution in [-0.2, 0) is 14.4 Å². The maximum atomic E-state index is 12.4. The Labute approximate surface area is 162 Å². The smallest absolute Gasteiger partial charge is 0.277 e. The number of quaternary nitrogens is 1. The molecule has 3 N–H and O–H groups in total. The quantitative estimate of drug-likeness (QED) is 0.572. The van der Waals surface area contributed by atoms with E-state index in [1.807, 2.05) is 52.8 Å². The van der Waals surface area contributed by atoms with Crippen molar-refractivity contribution >= 4 is 23.4 Å². The molecular formula is C20H33N4O3+. The van der Waals surface area contributed by atoms with Crippen LogP contribution < -0.4 is 15.5 Å². The lowest BCUT2D eigenvalue weighted by molar-refractivity contribution is -0.882. The van der Waals surface area contributed by atoms with Crippen molar-refractivity contribution in [3.63, 3.8) is 0 Å². The van der Waals surface area contributed by atoms with Crippen molar-refractivity contribution in [1.82, 2.24) is 10.2 Å². The van der Waals surface area contributed by atoms with Crippen molar-refractivity contribution < 1.29 is 19.3 Å². The average Bonchev–Trinajstić information content (AvgIpc) is 2.56. The number of carbonyl (C=O) groups is 3. The number of para-hydroxylation sites is 1. The van der Waals surface area contributed by atoms with Gasteiger partial charge in [0.2, 0.25) is 5.91 Å². The number of nitrogens with one attached hydrogen (secondary N) is 3. The van der Waals surface area contributed by atoms with Crippen LogP contribution in [0.4, 0.5) is 5.69 Å². The largest absolute Gasteiger partial charge is 0.349 e. The molecule has 1 aromatic rings. The summed E-state index contributed by atoms with van der Waals surface area (Å²) in [4.78, 5) is 38.9. The summed E-state index contributed by atoms with van der Waals surface area (Å²) in [6.07, 6.45) is 0. The highest BCUT2D eigenvalue weighted by Crippen LogP contribution is 2.19. The molecule has 27 heavy (non-hydrogen) atoms. The minimum atomic E-state index is -0.237. The lowest BCUT2D eigenvalue weighted by Crippen LogP contribution is -3.14. The average molecular weight is 378 g/mol. The maximum Gasteiger partial charge on any atom is 0.277 e. The second kappa shape index (κ2) is 10.7. The van der Waals surface area contributed by atoms with Gasteiger partial charge in [0, 0.05) is 18.8 Å². The Kier molecular flexibility index (Phi) is 8.94. The van der Waals surface area contributed by atoms with Crippen molar-refractivity contribution in [2.24, 2.45) is 0 Å². The van der Waals surface area contributed by atoms with E-state index >= 15 is 0 Å². The molecule has 0 saturated heterocycles. The van der Waals surface area contributed by atoms with Gasteiger partial charge in [0.25, 0.3) is 11.8 Å². The van der Waals surface area contributed by atoms with Crippen LogP contribution in [0.15, 0.2) is 18.2 Å². The predicted molar refractivity (Wildman–Crippen MR) is 107 cm³/mol. The van der Waals surface area contributed by atoms with Gasteiger partial charge in [0.05, 0.1) is 13.1 Å². The molecular weight excluding hydrogens is 344 g/mol. The van der Waals surface area contributed by atoms with Crippen LogP contribution in [-0.4, -0.2) is 61.9 Å². The Balaban J connectivity index is 2.57. The van der Waals surface area contributed by atoms with Crippen LogP contribution in [0.3, 0.4) is 0 Å². The number of aryl methyl sites for hydroxylation is 2. The lowest BCUT2D eigenvalue weighted by Gasteiger charge is -2.22. The molecule has 1 aromatic carbocycles. The molecule has 7 heteroatoms. The molecule has 1 atom stereocenters. The third-order valence-electron chi connectivity index (χ3n) is 4.31. The first-order valence-corrected chi connectivity index (χ1v) is 9.37. The number of likely N-dealkylation sites (N-methyl/N-ethyl adjacent to an activating group) is 2. The normalized spacial score (nSPS) is 11.8. The first kappa shape index (κ1) is 22.6. The molecule has 0 fully saturated rings. The fourth-order valence-corrected chi connectivity index (χ4v) is 2.76. The number of benzene rings is 1. The number of rotatable bonds is 9.